The van der Waals surface area contributed by atoms with Gasteiger partial charge in [-0.15, -0.1) is 0 Å². The lowest BCUT2D eigenvalue weighted by Crippen LogP contribution is -2.42. The molecule has 6 heteroatoms. The predicted octanol–water partition coefficient (Wildman–Crippen LogP) is 3.06. The monoisotopic (exact) mass is 334 g/mol. The summed E-state index contributed by atoms with van der Waals surface area (Å²) in [7, 11) is 0. The van der Waals surface area contributed by atoms with Crippen LogP contribution in [0.2, 0.25) is 0 Å². The first-order chi connectivity index (χ1) is 11.4. The molecule has 0 saturated heterocycles. The van der Waals surface area contributed by atoms with Gasteiger partial charge in [0.1, 0.15) is 5.60 Å². The molecule has 1 aliphatic carbocycles. The summed E-state index contributed by atoms with van der Waals surface area (Å²) in [5, 5.41) is 3.44. The zero-order chi connectivity index (χ0) is 17.2. The first-order valence-corrected chi connectivity index (χ1v) is 9.17. The minimum absolute atomic E-state index is 0.210. The number of nitrogens with one attached hydrogen (secondary N) is 1. The van der Waals surface area contributed by atoms with Crippen LogP contribution in [0.1, 0.15) is 64.3 Å². The maximum absolute atomic E-state index is 12.8. The van der Waals surface area contributed by atoms with E-state index in [1.165, 1.54) is 18.5 Å². The van der Waals surface area contributed by atoms with Gasteiger partial charge in [0.2, 0.25) is 0 Å². The summed E-state index contributed by atoms with van der Waals surface area (Å²) in [5.74, 6) is 0. The second kappa shape index (κ2) is 7.13. The lowest BCUT2D eigenvalue weighted by atomic mass is 10.2. The van der Waals surface area contributed by atoms with E-state index >= 15 is 0 Å². The zero-order valence-electron chi connectivity index (χ0n) is 15.2. The third-order valence-corrected chi connectivity index (χ3v) is 4.79. The number of hydrogen-bond donors (Lipinski definition) is 1. The van der Waals surface area contributed by atoms with Gasteiger partial charge < -0.3 is 14.6 Å². The Morgan fingerprint density at radius 1 is 1.38 bits per heavy atom. The number of ether oxygens (including phenoxy) is 1. The molecule has 3 rings (SSSR count). The first kappa shape index (κ1) is 17.3. The normalized spacial score (nSPS) is 19.0. The average Bonchev–Trinajstić information content (AvgIpc) is 3.08. The third-order valence-electron chi connectivity index (χ3n) is 4.79. The van der Waals surface area contributed by atoms with E-state index in [0.29, 0.717) is 6.54 Å². The van der Waals surface area contributed by atoms with Crippen molar-refractivity contribution < 1.29 is 9.53 Å². The van der Waals surface area contributed by atoms with Gasteiger partial charge in [-0.05, 0) is 46.6 Å². The van der Waals surface area contributed by atoms with Crippen molar-refractivity contribution in [1.82, 2.24) is 19.8 Å². The van der Waals surface area contributed by atoms with Gasteiger partial charge in [0, 0.05) is 19.1 Å². The Bertz CT molecular complexity index is 570. The molecule has 0 atom stereocenters. The van der Waals surface area contributed by atoms with Gasteiger partial charge in [-0.2, -0.15) is 0 Å². The van der Waals surface area contributed by atoms with E-state index in [4.69, 9.17) is 4.74 Å². The number of rotatable bonds is 3. The highest BCUT2D eigenvalue weighted by Gasteiger charge is 2.31. The summed E-state index contributed by atoms with van der Waals surface area (Å²) in [5.41, 5.74) is 1.74. The fraction of sp³-hybridized carbons (Fsp3) is 0.778. The Balaban J connectivity index is 1.79. The minimum Gasteiger partial charge on any atom is -0.444 e. The van der Waals surface area contributed by atoms with Gasteiger partial charge in [-0.3, -0.25) is 4.90 Å². The Morgan fingerprint density at radius 2 is 2.12 bits per heavy atom. The average molecular weight is 334 g/mol. The van der Waals surface area contributed by atoms with Crippen molar-refractivity contribution in [2.75, 3.05) is 6.54 Å². The molecule has 1 fully saturated rings. The van der Waals surface area contributed by atoms with Crippen LogP contribution < -0.4 is 5.32 Å². The van der Waals surface area contributed by atoms with Crippen LogP contribution in [0.3, 0.4) is 0 Å². The molecule has 0 bridgehead atoms. The molecule has 1 aromatic heterocycles. The summed E-state index contributed by atoms with van der Waals surface area (Å²) in [6, 6.07) is 0.274. The molecular weight excluding hydrogens is 304 g/mol. The van der Waals surface area contributed by atoms with Crippen LogP contribution >= 0.6 is 0 Å². The Hall–Kier alpha value is -1.56. The fourth-order valence-corrected chi connectivity index (χ4v) is 3.60. The van der Waals surface area contributed by atoms with Crippen LogP contribution in [-0.4, -0.2) is 38.7 Å². The van der Waals surface area contributed by atoms with E-state index in [2.05, 4.69) is 14.9 Å². The Morgan fingerprint density at radius 3 is 2.83 bits per heavy atom. The van der Waals surface area contributed by atoms with E-state index in [0.717, 1.165) is 44.6 Å². The number of carbonyl (C=O) groups excluding carboxylic acids is 1. The number of aromatic nitrogens is 2. The molecule has 2 aliphatic rings. The molecule has 0 radical (unpaired) electrons. The van der Waals surface area contributed by atoms with Gasteiger partial charge in [0.15, 0.2) is 0 Å². The molecule has 134 valence electrons. The van der Waals surface area contributed by atoms with E-state index in [1.807, 2.05) is 32.0 Å². The van der Waals surface area contributed by atoms with Crippen LogP contribution in [0.15, 0.2) is 6.33 Å². The largest absolute Gasteiger partial charge is 0.444 e. The van der Waals surface area contributed by atoms with Gasteiger partial charge in [-0.25, -0.2) is 9.78 Å². The third kappa shape index (κ3) is 4.09. The first-order valence-electron chi connectivity index (χ1n) is 9.17. The van der Waals surface area contributed by atoms with Crippen LogP contribution in [0.25, 0.3) is 0 Å². The van der Waals surface area contributed by atoms with Gasteiger partial charge in [-0.1, -0.05) is 12.8 Å². The topological polar surface area (TPSA) is 59.4 Å². The fourth-order valence-electron chi connectivity index (χ4n) is 3.60. The van der Waals surface area contributed by atoms with E-state index in [1.54, 1.807) is 0 Å². The molecule has 0 spiro atoms. The summed E-state index contributed by atoms with van der Waals surface area (Å²) in [6.45, 7) is 9.15. The lowest BCUT2D eigenvalue weighted by molar-refractivity contribution is 0.0141. The quantitative estimate of drug-likeness (QED) is 0.923. The molecule has 1 aromatic rings. The zero-order valence-corrected chi connectivity index (χ0v) is 15.2. The lowest BCUT2D eigenvalue weighted by Gasteiger charge is -2.31. The van der Waals surface area contributed by atoms with E-state index in [9.17, 15) is 4.79 Å². The SMILES string of the molecule is CC(C)(C)OC(=O)N(Cc1ncn2c1CNCCC2)C1CCCC1. The molecule has 1 N–H and O–H groups in total. The van der Waals surface area contributed by atoms with Crippen molar-refractivity contribution >= 4 is 6.09 Å². The van der Waals surface area contributed by atoms with Crippen molar-refractivity contribution in [3.8, 4) is 0 Å². The highest BCUT2D eigenvalue weighted by Crippen LogP contribution is 2.27. The number of aryl methyl sites for hydroxylation is 1. The molecular formula is C18H30N4O2. The van der Waals surface area contributed by atoms with Gasteiger partial charge in [0.25, 0.3) is 0 Å². The van der Waals surface area contributed by atoms with Gasteiger partial charge in [0.05, 0.1) is 24.3 Å². The molecule has 1 amide bonds. The van der Waals surface area contributed by atoms with Crippen molar-refractivity contribution in [3.05, 3.63) is 17.7 Å². The number of hydrogen-bond acceptors (Lipinski definition) is 4. The maximum Gasteiger partial charge on any atom is 0.410 e. The van der Waals surface area contributed by atoms with Crippen molar-refractivity contribution in [2.45, 2.75) is 84.2 Å². The van der Waals surface area contributed by atoms with Crippen molar-refractivity contribution in [2.24, 2.45) is 0 Å². The molecule has 6 nitrogen and oxygen atoms in total. The van der Waals surface area contributed by atoms with Crippen molar-refractivity contribution in [3.63, 3.8) is 0 Å². The maximum atomic E-state index is 12.8. The van der Waals surface area contributed by atoms with Crippen molar-refractivity contribution in [1.29, 1.82) is 0 Å². The highest BCUT2D eigenvalue weighted by atomic mass is 16.6. The highest BCUT2D eigenvalue weighted by molar-refractivity contribution is 5.68. The standard InChI is InChI=1S/C18H30N4O2/c1-18(2,3)24-17(23)22(14-7-4-5-8-14)12-15-16-11-19-9-6-10-21(16)13-20-15/h13-14,19H,4-12H2,1-3H3. The van der Waals surface area contributed by atoms with Gasteiger partial charge >= 0.3 is 6.09 Å². The Kier molecular flexibility index (Phi) is 5.13. The smallest absolute Gasteiger partial charge is 0.410 e. The molecule has 24 heavy (non-hydrogen) atoms. The second-order valence-electron chi connectivity index (χ2n) is 7.91. The van der Waals surface area contributed by atoms with E-state index < -0.39 is 5.60 Å². The van der Waals surface area contributed by atoms with E-state index in [-0.39, 0.29) is 12.1 Å². The van der Waals surface area contributed by atoms with Crippen LogP contribution in [0.5, 0.6) is 0 Å². The number of imidazole rings is 1. The summed E-state index contributed by atoms with van der Waals surface area (Å²) < 4.78 is 7.89. The summed E-state index contributed by atoms with van der Waals surface area (Å²) >= 11 is 0. The van der Waals surface area contributed by atoms with Crippen LogP contribution in [0.4, 0.5) is 4.79 Å². The molecule has 2 heterocycles. The minimum atomic E-state index is -0.472. The molecule has 1 saturated carbocycles. The molecule has 0 unspecified atom stereocenters. The Labute approximate surface area is 144 Å². The molecule has 1 aliphatic heterocycles. The summed E-state index contributed by atoms with van der Waals surface area (Å²) in [4.78, 5) is 19.3. The number of fused-ring (bicyclic) bond motifs is 1. The second-order valence-corrected chi connectivity index (χ2v) is 7.91. The predicted molar refractivity (Wildman–Crippen MR) is 92.6 cm³/mol. The van der Waals surface area contributed by atoms with Crippen LogP contribution in [0, 0.1) is 0 Å². The number of amides is 1. The number of carbonyl (C=O) groups is 1. The number of nitrogens with zero attached hydrogens (tertiary/aromatic N) is 3. The summed E-state index contributed by atoms with van der Waals surface area (Å²) in [6.07, 6.45) is 7.32. The molecule has 0 aromatic carbocycles. The van der Waals surface area contributed by atoms with Crippen LogP contribution in [-0.2, 0) is 24.4 Å².